The molecule has 0 spiro atoms. The normalized spacial score (nSPS) is 33.0. The molecule has 4 atom stereocenters. The Morgan fingerprint density at radius 3 is 3.00 bits per heavy atom. The number of hydrogen-bond acceptors (Lipinski definition) is 4. The van der Waals surface area contributed by atoms with Gasteiger partial charge in [-0.1, -0.05) is 24.1 Å². The molecule has 2 fully saturated rings. The van der Waals surface area contributed by atoms with Crippen molar-refractivity contribution < 1.29 is 9.53 Å². The summed E-state index contributed by atoms with van der Waals surface area (Å²) in [5, 5.41) is 0. The molecule has 0 unspecified atom stereocenters. The number of allylic oxidation sites excluding steroid dienone is 2. The van der Waals surface area contributed by atoms with Crippen LogP contribution in [0.25, 0.3) is 0 Å². The van der Waals surface area contributed by atoms with Crippen molar-refractivity contribution in [1.82, 2.24) is 9.88 Å². The zero-order chi connectivity index (χ0) is 19.0. The third kappa shape index (κ3) is 3.69. The van der Waals surface area contributed by atoms with Gasteiger partial charge in [0, 0.05) is 37.3 Å². The lowest BCUT2D eigenvalue weighted by atomic mass is 9.59. The van der Waals surface area contributed by atoms with Crippen LogP contribution in [-0.4, -0.2) is 42.1 Å². The molecule has 146 valence electrons. The quantitative estimate of drug-likeness (QED) is 0.582. The number of likely N-dealkylation sites (N-methyl/N-ethyl adjacent to an activating group) is 1. The van der Waals surface area contributed by atoms with Crippen LogP contribution in [0.1, 0.15) is 51.6 Å². The molecule has 1 saturated carbocycles. The number of nitrogens with zero attached hydrogens (tertiary/aromatic N) is 2. The number of fused-ring (bicyclic) bond motifs is 2. The van der Waals surface area contributed by atoms with Gasteiger partial charge in [0.15, 0.2) is 0 Å². The number of carbonyl (C=O) groups is 1. The summed E-state index contributed by atoms with van der Waals surface area (Å²) in [7, 11) is 2.11. The van der Waals surface area contributed by atoms with E-state index >= 15 is 0 Å². The standard InChI is InChI=1S/C23H32N2O2/c1-16-7-6-10-23(2)14-21-18(13-20(16)23)19(22(26)27-21)15-25(3)12-9-17-8-4-5-11-24-17/h4-5,8,11,18-19,21H,6-7,9-10,12-15H2,1-3H3/t18-,19-,21+,23+/m0/s1. The highest BCUT2D eigenvalue weighted by Gasteiger charge is 2.52. The number of aromatic nitrogens is 1. The number of carbonyl (C=O) groups excluding carboxylic acids is 1. The van der Waals surface area contributed by atoms with Crippen LogP contribution in [0.4, 0.5) is 0 Å². The van der Waals surface area contributed by atoms with E-state index in [1.54, 1.807) is 11.1 Å². The lowest BCUT2D eigenvalue weighted by Gasteiger charge is -2.45. The summed E-state index contributed by atoms with van der Waals surface area (Å²) in [5.74, 6) is 0.386. The van der Waals surface area contributed by atoms with Gasteiger partial charge in [0.2, 0.25) is 0 Å². The second-order valence-corrected chi connectivity index (χ2v) is 9.16. The van der Waals surface area contributed by atoms with E-state index in [9.17, 15) is 4.79 Å². The highest BCUT2D eigenvalue weighted by atomic mass is 16.6. The Bertz CT molecular complexity index is 729. The Morgan fingerprint density at radius 2 is 2.22 bits per heavy atom. The van der Waals surface area contributed by atoms with Gasteiger partial charge < -0.3 is 9.64 Å². The summed E-state index contributed by atoms with van der Waals surface area (Å²) in [6.07, 6.45) is 8.69. The summed E-state index contributed by atoms with van der Waals surface area (Å²) in [4.78, 5) is 19.3. The van der Waals surface area contributed by atoms with Crippen LogP contribution in [-0.2, 0) is 16.0 Å². The molecule has 0 N–H and O–H groups in total. The summed E-state index contributed by atoms with van der Waals surface area (Å²) >= 11 is 0. The van der Waals surface area contributed by atoms with Gasteiger partial charge in [0.05, 0.1) is 5.92 Å². The maximum atomic E-state index is 12.7. The van der Waals surface area contributed by atoms with Gasteiger partial charge in [0.25, 0.3) is 0 Å². The molecule has 4 rings (SSSR count). The second-order valence-electron chi connectivity index (χ2n) is 9.16. The summed E-state index contributed by atoms with van der Waals surface area (Å²) in [6.45, 7) is 6.40. The van der Waals surface area contributed by atoms with Crippen LogP contribution in [0.15, 0.2) is 35.5 Å². The first kappa shape index (κ1) is 18.7. The average Bonchev–Trinajstić information content (AvgIpc) is 2.93. The van der Waals surface area contributed by atoms with E-state index in [4.69, 9.17) is 4.74 Å². The van der Waals surface area contributed by atoms with E-state index in [-0.39, 0.29) is 23.4 Å². The maximum Gasteiger partial charge on any atom is 0.310 e. The van der Waals surface area contributed by atoms with Crippen molar-refractivity contribution in [2.24, 2.45) is 17.3 Å². The van der Waals surface area contributed by atoms with E-state index in [2.05, 4.69) is 36.8 Å². The van der Waals surface area contributed by atoms with Crippen LogP contribution in [0.5, 0.6) is 0 Å². The van der Waals surface area contributed by atoms with E-state index < -0.39 is 0 Å². The van der Waals surface area contributed by atoms with Gasteiger partial charge in [-0.25, -0.2) is 0 Å². The highest BCUT2D eigenvalue weighted by Crippen LogP contribution is 2.55. The molecule has 0 amide bonds. The minimum atomic E-state index is 0.00973. The first-order valence-electron chi connectivity index (χ1n) is 10.4. The van der Waals surface area contributed by atoms with Crippen molar-refractivity contribution in [1.29, 1.82) is 0 Å². The van der Waals surface area contributed by atoms with E-state index in [1.165, 1.54) is 19.3 Å². The topological polar surface area (TPSA) is 42.4 Å². The van der Waals surface area contributed by atoms with Crippen molar-refractivity contribution >= 4 is 5.97 Å². The molecule has 0 aromatic carbocycles. The van der Waals surface area contributed by atoms with E-state index in [0.29, 0.717) is 5.92 Å². The third-order valence-corrected chi connectivity index (χ3v) is 7.16. The van der Waals surface area contributed by atoms with Crippen molar-refractivity contribution in [3.63, 3.8) is 0 Å². The van der Waals surface area contributed by atoms with E-state index in [1.807, 2.05) is 18.3 Å². The zero-order valence-electron chi connectivity index (χ0n) is 16.9. The second kappa shape index (κ2) is 7.38. The summed E-state index contributed by atoms with van der Waals surface area (Å²) in [6, 6.07) is 6.04. The van der Waals surface area contributed by atoms with Crippen LogP contribution in [0.2, 0.25) is 0 Å². The predicted molar refractivity (Wildman–Crippen MR) is 106 cm³/mol. The highest BCUT2D eigenvalue weighted by molar-refractivity contribution is 5.76. The zero-order valence-corrected chi connectivity index (χ0v) is 16.9. The molecule has 0 bridgehead atoms. The van der Waals surface area contributed by atoms with Gasteiger partial charge in [-0.05, 0) is 63.6 Å². The number of ether oxygens (including phenoxy) is 1. The van der Waals surface area contributed by atoms with Crippen molar-refractivity contribution in [2.75, 3.05) is 20.1 Å². The van der Waals surface area contributed by atoms with Crippen molar-refractivity contribution in [3.05, 3.63) is 41.2 Å². The minimum absolute atomic E-state index is 0.00973. The number of pyridine rings is 1. The Balaban J connectivity index is 1.42. The lowest BCUT2D eigenvalue weighted by Crippen LogP contribution is -2.41. The number of esters is 1. The first-order valence-corrected chi connectivity index (χ1v) is 10.4. The van der Waals surface area contributed by atoms with Gasteiger partial charge in [-0.2, -0.15) is 0 Å². The molecule has 2 heterocycles. The predicted octanol–water partition coefficient (Wildman–Crippen LogP) is 4.01. The van der Waals surface area contributed by atoms with Crippen LogP contribution in [0, 0.1) is 17.3 Å². The molecule has 4 nitrogen and oxygen atoms in total. The molecule has 2 aliphatic carbocycles. The van der Waals surface area contributed by atoms with Gasteiger partial charge in [-0.15, -0.1) is 0 Å². The number of hydrogen-bond donors (Lipinski definition) is 0. The molecule has 3 aliphatic rings. The summed E-state index contributed by atoms with van der Waals surface area (Å²) < 4.78 is 5.89. The fraction of sp³-hybridized carbons (Fsp3) is 0.652. The van der Waals surface area contributed by atoms with Gasteiger partial charge in [-0.3, -0.25) is 9.78 Å². The fourth-order valence-electron chi connectivity index (χ4n) is 5.60. The lowest BCUT2D eigenvalue weighted by molar-refractivity contribution is -0.145. The SMILES string of the molecule is CC1=C2C[C@H]3[C@H](CN(C)CCc4ccccn4)C(=O)O[C@@H]3C[C@@]2(C)CCC1. The van der Waals surface area contributed by atoms with E-state index in [0.717, 1.165) is 38.0 Å². The molecule has 1 aliphatic heterocycles. The third-order valence-electron chi connectivity index (χ3n) is 7.16. The molecule has 1 aromatic heterocycles. The Hall–Kier alpha value is -1.68. The monoisotopic (exact) mass is 368 g/mol. The van der Waals surface area contributed by atoms with Gasteiger partial charge >= 0.3 is 5.97 Å². The van der Waals surface area contributed by atoms with Crippen LogP contribution >= 0.6 is 0 Å². The summed E-state index contributed by atoms with van der Waals surface area (Å²) in [5.41, 5.74) is 4.56. The fourth-order valence-corrected chi connectivity index (χ4v) is 5.60. The average molecular weight is 369 g/mol. The molecule has 0 radical (unpaired) electrons. The molecule has 1 saturated heterocycles. The molecule has 1 aromatic rings. The van der Waals surface area contributed by atoms with Crippen molar-refractivity contribution in [3.8, 4) is 0 Å². The largest absolute Gasteiger partial charge is 0.462 e. The Kier molecular flexibility index (Phi) is 5.11. The Labute approximate surface area is 163 Å². The number of rotatable bonds is 5. The maximum absolute atomic E-state index is 12.7. The molecular formula is C23H32N2O2. The van der Waals surface area contributed by atoms with Crippen LogP contribution < -0.4 is 0 Å². The molecule has 4 heteroatoms. The van der Waals surface area contributed by atoms with Gasteiger partial charge in [0.1, 0.15) is 6.10 Å². The minimum Gasteiger partial charge on any atom is -0.462 e. The van der Waals surface area contributed by atoms with Crippen molar-refractivity contribution in [2.45, 2.75) is 58.5 Å². The van der Waals surface area contributed by atoms with Crippen LogP contribution in [0.3, 0.4) is 0 Å². The first-order chi connectivity index (χ1) is 13.0. The Morgan fingerprint density at radius 1 is 1.37 bits per heavy atom. The molecule has 27 heavy (non-hydrogen) atoms. The molecular weight excluding hydrogens is 336 g/mol. The smallest absolute Gasteiger partial charge is 0.310 e.